The van der Waals surface area contributed by atoms with Crippen LogP contribution in [0, 0.1) is 5.92 Å². The fourth-order valence-electron chi connectivity index (χ4n) is 4.30. The lowest BCUT2D eigenvalue weighted by molar-refractivity contribution is 0.118. The van der Waals surface area contributed by atoms with E-state index in [9.17, 15) is 0 Å². The molecular weight excluding hydrogens is 417 g/mol. The zero-order valence-corrected chi connectivity index (χ0v) is 20.2. The highest BCUT2D eigenvalue weighted by Crippen LogP contribution is 2.28. The van der Waals surface area contributed by atoms with Crippen molar-refractivity contribution in [1.29, 1.82) is 0 Å². The first kappa shape index (κ1) is 23.4. The van der Waals surface area contributed by atoms with Crippen molar-refractivity contribution in [2.45, 2.75) is 39.7 Å². The van der Waals surface area contributed by atoms with Crippen molar-refractivity contribution in [2.24, 2.45) is 5.92 Å². The number of nitrogens with zero attached hydrogens (tertiary/aromatic N) is 4. The van der Waals surface area contributed by atoms with Crippen LogP contribution in [0.25, 0.3) is 11.3 Å². The summed E-state index contributed by atoms with van der Waals surface area (Å²) in [5.74, 6) is 1.73. The first-order chi connectivity index (χ1) is 14.4. The Morgan fingerprint density at radius 3 is 2.57 bits per heavy atom. The van der Waals surface area contributed by atoms with E-state index in [1.165, 1.54) is 25.9 Å². The normalized spacial score (nSPS) is 17.8. The van der Waals surface area contributed by atoms with E-state index in [2.05, 4.69) is 58.8 Å². The van der Waals surface area contributed by atoms with Crippen LogP contribution in [0.15, 0.2) is 24.3 Å². The molecule has 1 N–H and O–H groups in total. The van der Waals surface area contributed by atoms with Crippen LogP contribution in [0.3, 0.4) is 0 Å². The highest BCUT2D eigenvalue weighted by Gasteiger charge is 2.22. The molecule has 0 radical (unpaired) electrons. The first-order valence-electron chi connectivity index (χ1n) is 11.0. The third kappa shape index (κ3) is 6.36. The summed E-state index contributed by atoms with van der Waals surface area (Å²) in [5.41, 5.74) is 1.88. The maximum atomic E-state index is 6.15. The number of halogens is 2. The number of aromatic nitrogens is 2. The van der Waals surface area contributed by atoms with Gasteiger partial charge in [-0.3, -0.25) is 5.10 Å². The molecule has 166 valence electrons. The van der Waals surface area contributed by atoms with Crippen molar-refractivity contribution in [2.75, 3.05) is 51.2 Å². The molecule has 1 saturated heterocycles. The van der Waals surface area contributed by atoms with Gasteiger partial charge in [0.15, 0.2) is 5.82 Å². The number of benzene rings is 1. The van der Waals surface area contributed by atoms with Gasteiger partial charge in [-0.2, -0.15) is 5.10 Å². The van der Waals surface area contributed by atoms with Crippen LogP contribution in [-0.4, -0.2) is 72.4 Å². The van der Waals surface area contributed by atoms with Gasteiger partial charge in [0.05, 0.1) is 5.69 Å². The number of hydrogen-bond acceptors (Lipinski definition) is 4. The third-order valence-electron chi connectivity index (χ3n) is 6.05. The molecule has 5 nitrogen and oxygen atoms in total. The molecule has 0 bridgehead atoms. The lowest BCUT2D eigenvalue weighted by Crippen LogP contribution is -2.44. The van der Waals surface area contributed by atoms with Crippen molar-refractivity contribution in [3.63, 3.8) is 0 Å². The summed E-state index contributed by atoms with van der Waals surface area (Å²) >= 11 is 12.3. The molecule has 0 spiro atoms. The van der Waals surface area contributed by atoms with Crippen LogP contribution in [0.2, 0.25) is 10.0 Å². The van der Waals surface area contributed by atoms with Crippen LogP contribution in [-0.2, 0) is 0 Å². The Kier molecular flexibility index (Phi) is 8.46. The Balaban J connectivity index is 1.55. The van der Waals surface area contributed by atoms with E-state index in [-0.39, 0.29) is 0 Å². The predicted molar refractivity (Wildman–Crippen MR) is 129 cm³/mol. The molecule has 0 amide bonds. The zero-order valence-electron chi connectivity index (χ0n) is 18.7. The molecule has 1 aliphatic heterocycles. The summed E-state index contributed by atoms with van der Waals surface area (Å²) in [7, 11) is 2.24. The van der Waals surface area contributed by atoms with Crippen molar-refractivity contribution >= 4 is 29.0 Å². The lowest BCUT2D eigenvalue weighted by atomic mass is 9.96. The van der Waals surface area contributed by atoms with Crippen molar-refractivity contribution in [3.05, 3.63) is 34.3 Å². The van der Waals surface area contributed by atoms with Gasteiger partial charge in [-0.15, -0.1) is 0 Å². The highest BCUT2D eigenvalue weighted by molar-refractivity contribution is 6.35. The number of hydrogen-bond donors (Lipinski definition) is 1. The van der Waals surface area contributed by atoms with Gasteiger partial charge in [-0.25, -0.2) is 0 Å². The van der Waals surface area contributed by atoms with E-state index in [1.54, 1.807) is 6.07 Å². The fourth-order valence-corrected chi connectivity index (χ4v) is 4.83. The number of likely N-dealkylation sites (tertiary alicyclic amines) is 1. The quantitative estimate of drug-likeness (QED) is 0.563. The van der Waals surface area contributed by atoms with Gasteiger partial charge < -0.3 is 14.7 Å². The fraction of sp³-hybridized carbons (Fsp3) is 0.609. The number of aromatic amines is 1. The average Bonchev–Trinajstić information content (AvgIpc) is 3.18. The molecule has 1 unspecified atom stereocenters. The molecule has 0 aliphatic carbocycles. The molecule has 7 heteroatoms. The van der Waals surface area contributed by atoms with Gasteiger partial charge in [0, 0.05) is 60.4 Å². The molecule has 3 rings (SSSR count). The second-order valence-electron chi connectivity index (χ2n) is 8.74. The van der Waals surface area contributed by atoms with Crippen LogP contribution in [0.4, 0.5) is 5.82 Å². The van der Waals surface area contributed by atoms with Crippen LogP contribution >= 0.6 is 23.2 Å². The summed E-state index contributed by atoms with van der Waals surface area (Å²) in [4.78, 5) is 7.40. The zero-order chi connectivity index (χ0) is 21.7. The molecule has 1 aromatic carbocycles. The summed E-state index contributed by atoms with van der Waals surface area (Å²) in [5, 5.41) is 8.92. The standard InChI is InChI=1S/C23H35Cl2N5/c1-5-29(10-9-28(4)15-18-7-6-8-30(16-18)17(2)3)23-14-22(26-27-23)19-11-20(24)13-21(25)12-19/h11-14,17-18H,5-10,15-16H2,1-4H3,(H,26,27). The second kappa shape index (κ2) is 10.9. The maximum absolute atomic E-state index is 6.15. The largest absolute Gasteiger partial charge is 0.354 e. The SMILES string of the molecule is CCN(CCN(C)CC1CCCN(C(C)C)C1)c1cc(-c2cc(Cl)cc(Cl)c2)[nH]n1. The maximum Gasteiger partial charge on any atom is 0.151 e. The van der Waals surface area contributed by atoms with E-state index in [0.29, 0.717) is 16.1 Å². The number of rotatable bonds is 9. The lowest BCUT2D eigenvalue weighted by Gasteiger charge is -2.37. The van der Waals surface area contributed by atoms with Crippen LogP contribution in [0.1, 0.15) is 33.6 Å². The minimum atomic E-state index is 0.626. The van der Waals surface area contributed by atoms with Gasteiger partial charge >= 0.3 is 0 Å². The van der Waals surface area contributed by atoms with E-state index in [4.69, 9.17) is 23.2 Å². The average molecular weight is 452 g/mol. The molecule has 2 aromatic rings. The first-order valence-corrected chi connectivity index (χ1v) is 11.8. The molecule has 2 heterocycles. The summed E-state index contributed by atoms with van der Waals surface area (Å²) in [6, 6.07) is 8.27. The van der Waals surface area contributed by atoms with Gasteiger partial charge in [0.25, 0.3) is 0 Å². The number of piperidine rings is 1. The van der Waals surface area contributed by atoms with Crippen LogP contribution < -0.4 is 4.90 Å². The molecule has 1 fully saturated rings. The Morgan fingerprint density at radius 2 is 1.90 bits per heavy atom. The van der Waals surface area contributed by atoms with Crippen molar-refractivity contribution in [1.82, 2.24) is 20.0 Å². The number of anilines is 1. The summed E-state index contributed by atoms with van der Waals surface area (Å²) < 4.78 is 0. The Morgan fingerprint density at radius 1 is 1.17 bits per heavy atom. The molecule has 1 atom stereocenters. The minimum Gasteiger partial charge on any atom is -0.354 e. The van der Waals surface area contributed by atoms with Gasteiger partial charge in [-0.1, -0.05) is 23.2 Å². The molecule has 30 heavy (non-hydrogen) atoms. The Labute approximate surface area is 191 Å². The van der Waals surface area contributed by atoms with E-state index in [1.807, 2.05) is 12.1 Å². The van der Waals surface area contributed by atoms with E-state index < -0.39 is 0 Å². The number of H-pyrrole nitrogens is 1. The van der Waals surface area contributed by atoms with Crippen LogP contribution in [0.5, 0.6) is 0 Å². The van der Waals surface area contributed by atoms with Crippen molar-refractivity contribution in [3.8, 4) is 11.3 Å². The molecule has 0 saturated carbocycles. The summed E-state index contributed by atoms with van der Waals surface area (Å²) in [6.45, 7) is 13.3. The van der Waals surface area contributed by atoms with E-state index in [0.717, 1.165) is 49.2 Å². The highest BCUT2D eigenvalue weighted by atomic mass is 35.5. The predicted octanol–water partition coefficient (Wildman–Crippen LogP) is 5.26. The molecular formula is C23H35Cl2N5. The number of nitrogens with one attached hydrogen (secondary N) is 1. The second-order valence-corrected chi connectivity index (χ2v) is 9.61. The minimum absolute atomic E-state index is 0.626. The Bertz CT molecular complexity index is 786. The van der Waals surface area contributed by atoms with Gasteiger partial charge in [-0.05, 0) is 71.3 Å². The molecule has 1 aromatic heterocycles. The van der Waals surface area contributed by atoms with Gasteiger partial charge in [0.1, 0.15) is 0 Å². The summed E-state index contributed by atoms with van der Waals surface area (Å²) in [6.07, 6.45) is 2.66. The van der Waals surface area contributed by atoms with E-state index >= 15 is 0 Å². The topological polar surface area (TPSA) is 38.4 Å². The Hall–Kier alpha value is -1.27. The smallest absolute Gasteiger partial charge is 0.151 e. The monoisotopic (exact) mass is 451 g/mol. The third-order valence-corrected chi connectivity index (χ3v) is 6.48. The van der Waals surface area contributed by atoms with Gasteiger partial charge in [0.2, 0.25) is 0 Å². The van der Waals surface area contributed by atoms with Crippen molar-refractivity contribution < 1.29 is 0 Å². The molecule has 1 aliphatic rings. The number of likely N-dealkylation sites (N-methyl/N-ethyl adjacent to an activating group) is 2.